The van der Waals surface area contributed by atoms with Crippen LogP contribution in [0.15, 0.2) is 0 Å². The van der Waals surface area contributed by atoms with Crippen LogP contribution < -0.4 is 5.32 Å². The van der Waals surface area contributed by atoms with Gasteiger partial charge in [-0.3, -0.25) is 0 Å². The SMILES string of the molecule is CNCC1CCC(C(C)(C)C)CC1C(C)C. The van der Waals surface area contributed by atoms with Gasteiger partial charge in [-0.15, -0.1) is 0 Å². The van der Waals surface area contributed by atoms with Crippen molar-refractivity contribution < 1.29 is 0 Å². The summed E-state index contributed by atoms with van der Waals surface area (Å²) >= 11 is 0. The second-order valence-corrected chi connectivity index (χ2v) is 7.10. The molecule has 0 heterocycles. The summed E-state index contributed by atoms with van der Waals surface area (Å²) in [5, 5.41) is 3.38. The van der Waals surface area contributed by atoms with Crippen molar-refractivity contribution in [3.8, 4) is 0 Å². The highest BCUT2D eigenvalue weighted by Gasteiger charge is 2.36. The number of rotatable bonds is 3. The maximum absolute atomic E-state index is 3.38. The number of nitrogens with one attached hydrogen (secondary N) is 1. The topological polar surface area (TPSA) is 12.0 Å². The molecule has 0 bridgehead atoms. The third-order valence-corrected chi connectivity index (χ3v) is 4.60. The molecule has 1 nitrogen and oxygen atoms in total. The molecule has 1 heteroatoms. The van der Waals surface area contributed by atoms with Crippen molar-refractivity contribution in [2.24, 2.45) is 29.1 Å². The molecular formula is C15H31N. The lowest BCUT2D eigenvalue weighted by molar-refractivity contribution is 0.0736. The Balaban J connectivity index is 2.65. The van der Waals surface area contributed by atoms with Gasteiger partial charge in [0.25, 0.3) is 0 Å². The Hall–Kier alpha value is -0.0400. The molecule has 96 valence electrons. The summed E-state index contributed by atoms with van der Waals surface area (Å²) in [5.41, 5.74) is 0.498. The van der Waals surface area contributed by atoms with E-state index in [2.05, 4.69) is 47.0 Å². The monoisotopic (exact) mass is 225 g/mol. The van der Waals surface area contributed by atoms with Gasteiger partial charge in [0.15, 0.2) is 0 Å². The first-order valence-electron chi connectivity index (χ1n) is 7.00. The minimum Gasteiger partial charge on any atom is -0.319 e. The van der Waals surface area contributed by atoms with Gasteiger partial charge in [0.1, 0.15) is 0 Å². The lowest BCUT2D eigenvalue weighted by Crippen LogP contribution is -2.38. The van der Waals surface area contributed by atoms with Crippen LogP contribution >= 0.6 is 0 Å². The van der Waals surface area contributed by atoms with Crippen molar-refractivity contribution >= 4 is 0 Å². The van der Waals surface area contributed by atoms with Gasteiger partial charge in [-0.1, -0.05) is 34.6 Å². The van der Waals surface area contributed by atoms with Crippen LogP contribution in [0, 0.1) is 29.1 Å². The summed E-state index contributed by atoms with van der Waals surface area (Å²) in [6.45, 7) is 13.2. The van der Waals surface area contributed by atoms with Gasteiger partial charge in [-0.25, -0.2) is 0 Å². The molecule has 0 aliphatic heterocycles. The number of hydrogen-bond donors (Lipinski definition) is 1. The fourth-order valence-electron chi connectivity index (χ4n) is 3.39. The molecule has 3 unspecified atom stereocenters. The highest BCUT2D eigenvalue weighted by molar-refractivity contribution is 4.87. The molecule has 0 spiro atoms. The molecule has 1 aliphatic rings. The van der Waals surface area contributed by atoms with E-state index in [0.717, 1.165) is 23.7 Å². The van der Waals surface area contributed by atoms with Gasteiger partial charge < -0.3 is 5.32 Å². The van der Waals surface area contributed by atoms with Crippen molar-refractivity contribution in [2.45, 2.75) is 53.9 Å². The Labute approximate surface area is 102 Å². The second-order valence-electron chi connectivity index (χ2n) is 7.10. The molecule has 1 rings (SSSR count). The molecule has 1 N–H and O–H groups in total. The van der Waals surface area contributed by atoms with Gasteiger partial charge in [-0.2, -0.15) is 0 Å². The molecule has 3 atom stereocenters. The standard InChI is InChI=1S/C15H31N/c1-11(2)14-9-13(15(3,4)5)8-7-12(14)10-16-6/h11-14,16H,7-10H2,1-6H3. The van der Waals surface area contributed by atoms with E-state index >= 15 is 0 Å². The first-order valence-corrected chi connectivity index (χ1v) is 7.00. The molecular weight excluding hydrogens is 194 g/mol. The Bertz CT molecular complexity index is 202. The minimum absolute atomic E-state index is 0.498. The highest BCUT2D eigenvalue weighted by atomic mass is 14.8. The first-order chi connectivity index (χ1) is 7.36. The van der Waals surface area contributed by atoms with Crippen LogP contribution in [0.1, 0.15) is 53.9 Å². The molecule has 0 saturated heterocycles. The maximum Gasteiger partial charge on any atom is -0.00208 e. The van der Waals surface area contributed by atoms with E-state index in [1.54, 1.807) is 0 Å². The van der Waals surface area contributed by atoms with Crippen LogP contribution in [0.5, 0.6) is 0 Å². The van der Waals surface area contributed by atoms with Crippen molar-refractivity contribution in [3.63, 3.8) is 0 Å². The molecule has 0 radical (unpaired) electrons. The molecule has 0 aromatic carbocycles. The third-order valence-electron chi connectivity index (χ3n) is 4.60. The summed E-state index contributed by atoms with van der Waals surface area (Å²) in [5.74, 6) is 3.59. The second kappa shape index (κ2) is 5.53. The lowest BCUT2D eigenvalue weighted by atomic mass is 9.63. The Morgan fingerprint density at radius 2 is 1.81 bits per heavy atom. The van der Waals surface area contributed by atoms with Crippen LogP contribution in [-0.4, -0.2) is 13.6 Å². The minimum atomic E-state index is 0.498. The van der Waals surface area contributed by atoms with Crippen molar-refractivity contribution in [1.29, 1.82) is 0 Å². The average Bonchev–Trinajstić information content (AvgIpc) is 2.16. The lowest BCUT2D eigenvalue weighted by Gasteiger charge is -2.43. The largest absolute Gasteiger partial charge is 0.319 e. The van der Waals surface area contributed by atoms with E-state index < -0.39 is 0 Å². The normalized spacial score (nSPS) is 32.1. The zero-order valence-electron chi connectivity index (χ0n) is 12.1. The summed E-state index contributed by atoms with van der Waals surface area (Å²) in [4.78, 5) is 0. The highest BCUT2D eigenvalue weighted by Crippen LogP contribution is 2.44. The Morgan fingerprint density at radius 1 is 1.19 bits per heavy atom. The van der Waals surface area contributed by atoms with Crippen LogP contribution in [0.3, 0.4) is 0 Å². The van der Waals surface area contributed by atoms with Gasteiger partial charge in [0.2, 0.25) is 0 Å². The predicted octanol–water partition coefficient (Wildman–Crippen LogP) is 3.94. The van der Waals surface area contributed by atoms with E-state index in [1.165, 1.54) is 25.8 Å². The van der Waals surface area contributed by atoms with Gasteiger partial charge in [0, 0.05) is 0 Å². The molecule has 1 saturated carbocycles. The van der Waals surface area contributed by atoms with Crippen molar-refractivity contribution in [2.75, 3.05) is 13.6 Å². The average molecular weight is 225 g/mol. The molecule has 1 aliphatic carbocycles. The van der Waals surface area contributed by atoms with Crippen LogP contribution in [0.2, 0.25) is 0 Å². The van der Waals surface area contributed by atoms with Crippen LogP contribution in [0.4, 0.5) is 0 Å². The van der Waals surface area contributed by atoms with E-state index in [-0.39, 0.29) is 0 Å². The quantitative estimate of drug-likeness (QED) is 0.767. The first kappa shape index (κ1) is 14.0. The Kier molecular flexibility index (Phi) is 4.85. The van der Waals surface area contributed by atoms with E-state index in [0.29, 0.717) is 5.41 Å². The Morgan fingerprint density at radius 3 is 2.25 bits per heavy atom. The number of hydrogen-bond acceptors (Lipinski definition) is 1. The smallest absolute Gasteiger partial charge is 0.00208 e. The van der Waals surface area contributed by atoms with E-state index in [4.69, 9.17) is 0 Å². The molecule has 0 aromatic rings. The predicted molar refractivity (Wildman–Crippen MR) is 72.5 cm³/mol. The fourth-order valence-corrected chi connectivity index (χ4v) is 3.39. The van der Waals surface area contributed by atoms with Gasteiger partial charge in [-0.05, 0) is 61.9 Å². The molecule has 16 heavy (non-hydrogen) atoms. The summed E-state index contributed by atoms with van der Waals surface area (Å²) < 4.78 is 0. The zero-order valence-corrected chi connectivity index (χ0v) is 12.1. The summed E-state index contributed by atoms with van der Waals surface area (Å²) in [6.07, 6.45) is 4.29. The van der Waals surface area contributed by atoms with E-state index in [1.807, 2.05) is 0 Å². The summed E-state index contributed by atoms with van der Waals surface area (Å²) in [7, 11) is 2.09. The van der Waals surface area contributed by atoms with Crippen molar-refractivity contribution in [3.05, 3.63) is 0 Å². The third kappa shape index (κ3) is 3.48. The maximum atomic E-state index is 3.38. The van der Waals surface area contributed by atoms with Crippen LogP contribution in [-0.2, 0) is 0 Å². The van der Waals surface area contributed by atoms with Crippen molar-refractivity contribution in [1.82, 2.24) is 5.32 Å². The fraction of sp³-hybridized carbons (Fsp3) is 1.00. The van der Waals surface area contributed by atoms with Gasteiger partial charge in [0.05, 0.1) is 0 Å². The molecule has 0 amide bonds. The molecule has 0 aromatic heterocycles. The van der Waals surface area contributed by atoms with Gasteiger partial charge >= 0.3 is 0 Å². The summed E-state index contributed by atoms with van der Waals surface area (Å²) in [6, 6.07) is 0. The van der Waals surface area contributed by atoms with Crippen LogP contribution in [0.25, 0.3) is 0 Å². The van der Waals surface area contributed by atoms with E-state index in [9.17, 15) is 0 Å². The molecule has 1 fully saturated rings. The zero-order chi connectivity index (χ0) is 12.3.